The first-order chi connectivity index (χ1) is 13.8. The number of methoxy groups -OCH3 is 2. The van der Waals surface area contributed by atoms with Crippen molar-refractivity contribution in [2.45, 2.75) is 19.9 Å². The van der Waals surface area contributed by atoms with E-state index in [2.05, 4.69) is 5.32 Å². The smallest absolute Gasteiger partial charge is 0.331 e. The van der Waals surface area contributed by atoms with Gasteiger partial charge in [0.2, 0.25) is 0 Å². The monoisotopic (exact) mass is 417 g/mol. The molecular weight excluding hydrogens is 394 g/mol. The molecule has 1 atom stereocenters. The Kier molecular flexibility index (Phi) is 8.09. The number of hydrogen-bond acceptors (Lipinski definition) is 5. The lowest BCUT2D eigenvalue weighted by Gasteiger charge is -2.16. The van der Waals surface area contributed by atoms with Crippen LogP contribution < -0.4 is 14.8 Å². The summed E-state index contributed by atoms with van der Waals surface area (Å²) in [6.45, 7) is 3.48. The van der Waals surface area contributed by atoms with Gasteiger partial charge in [-0.05, 0) is 48.7 Å². The maximum atomic E-state index is 12.1. The summed E-state index contributed by atoms with van der Waals surface area (Å²) in [6.07, 6.45) is 2.74. The molecule has 6 nitrogen and oxygen atoms in total. The van der Waals surface area contributed by atoms with Crippen molar-refractivity contribution in [3.8, 4) is 11.5 Å². The normalized spacial score (nSPS) is 11.8. The second-order valence-corrected chi connectivity index (χ2v) is 6.73. The summed E-state index contributed by atoms with van der Waals surface area (Å²) < 4.78 is 15.4. The van der Waals surface area contributed by atoms with Gasteiger partial charge in [-0.1, -0.05) is 35.9 Å². The minimum absolute atomic E-state index is 0.188. The molecule has 1 unspecified atom stereocenters. The van der Waals surface area contributed by atoms with E-state index in [0.717, 1.165) is 11.1 Å². The summed E-state index contributed by atoms with van der Waals surface area (Å²) in [5, 5.41) is 3.16. The molecule has 0 aliphatic heterocycles. The molecule has 0 bridgehead atoms. The molecule has 1 N–H and O–H groups in total. The Balaban J connectivity index is 1.90. The molecule has 7 heteroatoms. The number of amides is 1. The van der Waals surface area contributed by atoms with Crippen molar-refractivity contribution < 1.29 is 23.8 Å². The molecule has 2 aromatic rings. The van der Waals surface area contributed by atoms with Crippen LogP contribution >= 0.6 is 11.6 Å². The zero-order valence-electron chi connectivity index (χ0n) is 16.8. The van der Waals surface area contributed by atoms with Crippen molar-refractivity contribution in [3.05, 3.63) is 64.2 Å². The third kappa shape index (κ3) is 6.26. The van der Waals surface area contributed by atoms with Crippen LogP contribution in [0.4, 0.5) is 0 Å². The molecule has 2 rings (SSSR count). The molecule has 0 spiro atoms. The highest BCUT2D eigenvalue weighted by atomic mass is 35.5. The van der Waals surface area contributed by atoms with Crippen LogP contribution in [0.1, 0.15) is 29.7 Å². The van der Waals surface area contributed by atoms with E-state index in [1.165, 1.54) is 26.4 Å². The second kappa shape index (κ2) is 10.5. The number of aryl methyl sites for hydroxylation is 1. The van der Waals surface area contributed by atoms with Crippen molar-refractivity contribution >= 4 is 29.6 Å². The summed E-state index contributed by atoms with van der Waals surface area (Å²) in [5.74, 6) is -0.169. The predicted octanol–water partition coefficient (Wildman–Crippen LogP) is 4.10. The lowest BCUT2D eigenvalue weighted by Crippen LogP contribution is -2.31. The highest BCUT2D eigenvalue weighted by Gasteiger charge is 2.13. The van der Waals surface area contributed by atoms with Gasteiger partial charge >= 0.3 is 5.97 Å². The van der Waals surface area contributed by atoms with Gasteiger partial charge in [0.05, 0.1) is 25.3 Å². The van der Waals surface area contributed by atoms with Crippen LogP contribution in [-0.2, 0) is 14.3 Å². The van der Waals surface area contributed by atoms with E-state index in [0.29, 0.717) is 22.1 Å². The topological polar surface area (TPSA) is 73.9 Å². The van der Waals surface area contributed by atoms with Gasteiger partial charge < -0.3 is 19.5 Å². The number of nitrogens with one attached hydrogen (secondary N) is 1. The van der Waals surface area contributed by atoms with Crippen molar-refractivity contribution in [1.29, 1.82) is 0 Å². The zero-order chi connectivity index (χ0) is 21.4. The van der Waals surface area contributed by atoms with Crippen LogP contribution in [0.15, 0.2) is 42.5 Å². The third-order valence-corrected chi connectivity index (χ3v) is 4.53. The highest BCUT2D eigenvalue weighted by Crippen LogP contribution is 2.36. The Bertz CT molecular complexity index is 910. The Hall–Kier alpha value is -2.99. The molecule has 2 aromatic carbocycles. The lowest BCUT2D eigenvalue weighted by molar-refractivity contribution is -0.144. The summed E-state index contributed by atoms with van der Waals surface area (Å²) in [7, 11) is 2.98. The Morgan fingerprint density at radius 3 is 2.55 bits per heavy atom. The maximum Gasteiger partial charge on any atom is 0.331 e. The molecule has 0 saturated carbocycles. The first-order valence-corrected chi connectivity index (χ1v) is 9.34. The number of benzene rings is 2. The molecule has 0 saturated heterocycles. The number of hydrogen-bond donors (Lipinski definition) is 1. The molecule has 0 aliphatic rings. The fraction of sp³-hybridized carbons (Fsp3) is 0.273. The zero-order valence-corrected chi connectivity index (χ0v) is 17.6. The van der Waals surface area contributed by atoms with Crippen LogP contribution in [0, 0.1) is 6.92 Å². The molecule has 1 amide bonds. The average molecular weight is 418 g/mol. The van der Waals surface area contributed by atoms with Crippen LogP contribution in [-0.4, -0.2) is 32.7 Å². The number of halogens is 1. The molecule has 154 valence electrons. The Morgan fingerprint density at radius 1 is 1.17 bits per heavy atom. The maximum absolute atomic E-state index is 12.1. The van der Waals surface area contributed by atoms with Gasteiger partial charge in [-0.25, -0.2) is 4.79 Å². The molecule has 29 heavy (non-hydrogen) atoms. The van der Waals surface area contributed by atoms with Crippen LogP contribution in [0.5, 0.6) is 11.5 Å². The van der Waals surface area contributed by atoms with Crippen molar-refractivity contribution in [2.24, 2.45) is 0 Å². The number of esters is 1. The predicted molar refractivity (Wildman–Crippen MR) is 112 cm³/mol. The Morgan fingerprint density at radius 2 is 1.90 bits per heavy atom. The van der Waals surface area contributed by atoms with E-state index in [9.17, 15) is 9.59 Å². The summed E-state index contributed by atoms with van der Waals surface area (Å²) in [5.41, 5.74) is 2.72. The van der Waals surface area contributed by atoms with Gasteiger partial charge in [0, 0.05) is 6.08 Å². The molecular formula is C22H24ClNO5. The van der Waals surface area contributed by atoms with E-state index in [1.54, 1.807) is 12.1 Å². The SMILES string of the molecule is COc1cc(/C=C/C(=O)OCC(=O)NC(C)c2ccccc2C)cc(Cl)c1OC. The molecule has 0 radical (unpaired) electrons. The molecule has 0 fully saturated rings. The standard InChI is InChI=1S/C22H24ClNO5/c1-14-7-5-6-8-17(14)15(2)24-20(25)13-29-21(26)10-9-16-11-18(23)22(28-4)19(12-16)27-3/h5-12,15H,13H2,1-4H3,(H,24,25)/b10-9+. The fourth-order valence-electron chi connectivity index (χ4n) is 2.82. The van der Waals surface area contributed by atoms with E-state index in [4.69, 9.17) is 25.8 Å². The summed E-state index contributed by atoms with van der Waals surface area (Å²) >= 11 is 6.13. The quantitative estimate of drug-likeness (QED) is 0.517. The van der Waals surface area contributed by atoms with E-state index >= 15 is 0 Å². The number of carbonyl (C=O) groups is 2. The third-order valence-electron chi connectivity index (χ3n) is 4.25. The number of rotatable bonds is 8. The largest absolute Gasteiger partial charge is 0.493 e. The van der Waals surface area contributed by atoms with Gasteiger partial charge in [0.25, 0.3) is 5.91 Å². The fourth-order valence-corrected chi connectivity index (χ4v) is 3.11. The van der Waals surface area contributed by atoms with Gasteiger partial charge in [0.15, 0.2) is 18.1 Å². The van der Waals surface area contributed by atoms with Crippen molar-refractivity contribution in [1.82, 2.24) is 5.32 Å². The summed E-state index contributed by atoms with van der Waals surface area (Å²) in [4.78, 5) is 24.0. The van der Waals surface area contributed by atoms with Crippen molar-refractivity contribution in [2.75, 3.05) is 20.8 Å². The average Bonchev–Trinajstić information content (AvgIpc) is 2.70. The van der Waals surface area contributed by atoms with E-state index in [-0.39, 0.29) is 18.6 Å². The van der Waals surface area contributed by atoms with Crippen LogP contribution in [0.3, 0.4) is 0 Å². The first-order valence-electron chi connectivity index (χ1n) is 8.97. The van der Waals surface area contributed by atoms with Gasteiger partial charge in [-0.2, -0.15) is 0 Å². The summed E-state index contributed by atoms with van der Waals surface area (Å²) in [6, 6.07) is 10.9. The second-order valence-electron chi connectivity index (χ2n) is 6.33. The number of ether oxygens (including phenoxy) is 3. The van der Waals surface area contributed by atoms with Gasteiger partial charge in [-0.3, -0.25) is 4.79 Å². The highest BCUT2D eigenvalue weighted by molar-refractivity contribution is 6.32. The van der Waals surface area contributed by atoms with Crippen molar-refractivity contribution in [3.63, 3.8) is 0 Å². The molecule has 0 heterocycles. The van der Waals surface area contributed by atoms with Gasteiger partial charge in [0.1, 0.15) is 0 Å². The van der Waals surface area contributed by atoms with E-state index in [1.807, 2.05) is 38.1 Å². The number of carbonyl (C=O) groups excluding carboxylic acids is 2. The molecule has 0 aliphatic carbocycles. The lowest BCUT2D eigenvalue weighted by atomic mass is 10.0. The van der Waals surface area contributed by atoms with Crippen LogP contribution in [0.2, 0.25) is 5.02 Å². The Labute approximate surface area is 175 Å². The van der Waals surface area contributed by atoms with Gasteiger partial charge in [-0.15, -0.1) is 0 Å². The van der Waals surface area contributed by atoms with E-state index < -0.39 is 5.97 Å². The first kappa shape index (κ1) is 22.3. The van der Waals surface area contributed by atoms with Crippen LogP contribution in [0.25, 0.3) is 6.08 Å². The minimum Gasteiger partial charge on any atom is -0.493 e. The minimum atomic E-state index is -0.644. The molecule has 0 aromatic heterocycles.